The summed E-state index contributed by atoms with van der Waals surface area (Å²) in [6.07, 6.45) is 1.28. The SMILES string of the molecule is CN(CCCC(=O)N1CCN(C2CCS(=O)(=O)C2)CC1)S(=O)(=O)c1ccc(F)cc1. The Balaban J connectivity index is 1.42. The Morgan fingerprint density at radius 2 is 1.80 bits per heavy atom. The summed E-state index contributed by atoms with van der Waals surface area (Å²) in [5.41, 5.74) is 0. The molecule has 0 radical (unpaired) electrons. The molecule has 0 aliphatic carbocycles. The second-order valence-electron chi connectivity index (χ2n) is 7.86. The average Bonchev–Trinajstić information content (AvgIpc) is 3.08. The topological polar surface area (TPSA) is 95.1 Å². The molecule has 30 heavy (non-hydrogen) atoms. The summed E-state index contributed by atoms with van der Waals surface area (Å²) in [6.45, 7) is 2.61. The number of carbonyl (C=O) groups excluding carboxylic acids is 1. The second-order valence-corrected chi connectivity index (χ2v) is 12.1. The maximum atomic E-state index is 13.0. The standard InChI is InChI=1S/C19H28FN3O5S2/c1-21(30(27,28)18-6-4-16(20)5-7-18)9-2-3-19(24)23-12-10-22(11-13-23)17-8-14-29(25,26)15-17/h4-7,17H,2-3,8-15H2,1H3. The number of halogens is 1. The van der Waals surface area contributed by atoms with Gasteiger partial charge in [0.25, 0.3) is 0 Å². The molecule has 8 nitrogen and oxygen atoms in total. The summed E-state index contributed by atoms with van der Waals surface area (Å²) in [4.78, 5) is 16.4. The highest BCUT2D eigenvalue weighted by molar-refractivity contribution is 7.91. The molecule has 2 saturated heterocycles. The van der Waals surface area contributed by atoms with E-state index in [0.717, 1.165) is 12.1 Å². The van der Waals surface area contributed by atoms with Crippen LogP contribution in [0, 0.1) is 5.82 Å². The zero-order chi connectivity index (χ0) is 21.9. The molecule has 3 rings (SSSR count). The molecule has 0 N–H and O–H groups in total. The van der Waals surface area contributed by atoms with E-state index in [-0.39, 0.29) is 41.3 Å². The van der Waals surface area contributed by atoms with Crippen LogP contribution in [0.4, 0.5) is 4.39 Å². The Hall–Kier alpha value is -1.56. The number of hydrogen-bond donors (Lipinski definition) is 0. The lowest BCUT2D eigenvalue weighted by Gasteiger charge is -2.37. The first-order valence-electron chi connectivity index (χ1n) is 10.0. The zero-order valence-corrected chi connectivity index (χ0v) is 18.7. The van der Waals surface area contributed by atoms with Gasteiger partial charge in [0.15, 0.2) is 9.84 Å². The lowest BCUT2D eigenvalue weighted by Crippen LogP contribution is -2.52. The molecule has 2 aliphatic heterocycles. The summed E-state index contributed by atoms with van der Waals surface area (Å²) >= 11 is 0. The Labute approximate surface area is 177 Å². The molecule has 0 saturated carbocycles. The van der Waals surface area contributed by atoms with E-state index in [0.29, 0.717) is 39.0 Å². The number of hydrogen-bond acceptors (Lipinski definition) is 6. The minimum absolute atomic E-state index is 0.0165. The monoisotopic (exact) mass is 461 g/mol. The Morgan fingerprint density at radius 3 is 2.37 bits per heavy atom. The van der Waals surface area contributed by atoms with E-state index < -0.39 is 25.7 Å². The molecule has 2 heterocycles. The van der Waals surface area contributed by atoms with Crippen molar-refractivity contribution in [1.29, 1.82) is 0 Å². The Kier molecular flexibility index (Phi) is 7.16. The molecule has 0 spiro atoms. The molecule has 2 aliphatic rings. The van der Waals surface area contributed by atoms with Gasteiger partial charge >= 0.3 is 0 Å². The van der Waals surface area contributed by atoms with Crippen molar-refractivity contribution < 1.29 is 26.0 Å². The third kappa shape index (κ3) is 5.57. The quantitative estimate of drug-likeness (QED) is 0.589. The summed E-state index contributed by atoms with van der Waals surface area (Å²) in [7, 11) is -5.20. The molecule has 1 aromatic carbocycles. The van der Waals surface area contributed by atoms with Crippen molar-refractivity contribution in [2.24, 2.45) is 0 Å². The van der Waals surface area contributed by atoms with Crippen LogP contribution in [0.1, 0.15) is 19.3 Å². The van der Waals surface area contributed by atoms with E-state index in [1.54, 1.807) is 4.90 Å². The molecule has 1 aromatic rings. The predicted molar refractivity (Wildman–Crippen MR) is 111 cm³/mol. The number of rotatable bonds is 7. The summed E-state index contributed by atoms with van der Waals surface area (Å²) < 4.78 is 62.5. The molecule has 168 valence electrons. The van der Waals surface area contributed by atoms with Crippen molar-refractivity contribution in [3.05, 3.63) is 30.1 Å². The van der Waals surface area contributed by atoms with E-state index in [2.05, 4.69) is 4.90 Å². The fourth-order valence-corrected chi connectivity index (χ4v) is 6.89. The number of amides is 1. The largest absolute Gasteiger partial charge is 0.340 e. The maximum Gasteiger partial charge on any atom is 0.242 e. The Morgan fingerprint density at radius 1 is 1.17 bits per heavy atom. The lowest BCUT2D eigenvalue weighted by atomic mass is 10.2. The summed E-state index contributed by atoms with van der Waals surface area (Å²) in [5, 5.41) is 0. The number of carbonyl (C=O) groups is 1. The molecule has 1 amide bonds. The van der Waals surface area contributed by atoms with Crippen LogP contribution in [0.25, 0.3) is 0 Å². The van der Waals surface area contributed by atoms with Gasteiger partial charge in [-0.05, 0) is 37.1 Å². The smallest absolute Gasteiger partial charge is 0.242 e. The third-order valence-electron chi connectivity index (χ3n) is 5.78. The lowest BCUT2D eigenvalue weighted by molar-refractivity contribution is -0.133. The van der Waals surface area contributed by atoms with Crippen LogP contribution in [0.2, 0.25) is 0 Å². The van der Waals surface area contributed by atoms with Crippen molar-refractivity contribution in [3.63, 3.8) is 0 Å². The van der Waals surface area contributed by atoms with Gasteiger partial charge in [0.2, 0.25) is 15.9 Å². The number of benzene rings is 1. The number of piperazine rings is 1. The van der Waals surface area contributed by atoms with E-state index >= 15 is 0 Å². The highest BCUT2D eigenvalue weighted by Gasteiger charge is 2.34. The van der Waals surface area contributed by atoms with Crippen molar-refractivity contribution >= 4 is 25.8 Å². The van der Waals surface area contributed by atoms with Gasteiger partial charge in [-0.3, -0.25) is 9.69 Å². The molecular weight excluding hydrogens is 433 g/mol. The van der Waals surface area contributed by atoms with Gasteiger partial charge in [0, 0.05) is 52.2 Å². The van der Waals surface area contributed by atoms with Gasteiger partial charge in [-0.1, -0.05) is 0 Å². The van der Waals surface area contributed by atoms with Crippen LogP contribution in [-0.2, 0) is 24.7 Å². The van der Waals surface area contributed by atoms with Gasteiger partial charge in [-0.2, -0.15) is 0 Å². The summed E-state index contributed by atoms with van der Waals surface area (Å²) in [6, 6.07) is 4.70. The first-order chi connectivity index (χ1) is 14.1. The van der Waals surface area contributed by atoms with E-state index in [1.165, 1.54) is 23.5 Å². The first-order valence-corrected chi connectivity index (χ1v) is 13.3. The number of sulfone groups is 1. The van der Waals surface area contributed by atoms with E-state index in [1.807, 2.05) is 0 Å². The van der Waals surface area contributed by atoms with Gasteiger partial charge in [-0.25, -0.2) is 25.5 Å². The average molecular weight is 462 g/mol. The van der Waals surface area contributed by atoms with Crippen LogP contribution in [-0.4, -0.2) is 94.2 Å². The van der Waals surface area contributed by atoms with Gasteiger partial charge < -0.3 is 4.90 Å². The predicted octanol–water partition coefficient (Wildman–Crippen LogP) is 0.558. The van der Waals surface area contributed by atoms with Crippen molar-refractivity contribution in [1.82, 2.24) is 14.1 Å². The normalized spacial score (nSPS) is 22.5. The van der Waals surface area contributed by atoms with Crippen LogP contribution in [0.3, 0.4) is 0 Å². The van der Waals surface area contributed by atoms with E-state index in [9.17, 15) is 26.0 Å². The molecule has 1 atom stereocenters. The number of sulfonamides is 1. The van der Waals surface area contributed by atoms with Crippen molar-refractivity contribution in [2.45, 2.75) is 30.2 Å². The van der Waals surface area contributed by atoms with Crippen LogP contribution < -0.4 is 0 Å². The highest BCUT2D eigenvalue weighted by Crippen LogP contribution is 2.20. The van der Waals surface area contributed by atoms with Crippen LogP contribution in [0.15, 0.2) is 29.2 Å². The highest BCUT2D eigenvalue weighted by atomic mass is 32.2. The van der Waals surface area contributed by atoms with Crippen LogP contribution >= 0.6 is 0 Å². The first kappa shape index (κ1) is 23.1. The Bertz CT molecular complexity index is 958. The van der Waals surface area contributed by atoms with Gasteiger partial charge in [0.05, 0.1) is 16.4 Å². The molecule has 0 aromatic heterocycles. The second kappa shape index (κ2) is 9.29. The van der Waals surface area contributed by atoms with Gasteiger partial charge in [0.1, 0.15) is 5.82 Å². The maximum absolute atomic E-state index is 13.0. The zero-order valence-electron chi connectivity index (χ0n) is 17.0. The van der Waals surface area contributed by atoms with Crippen molar-refractivity contribution in [2.75, 3.05) is 51.3 Å². The minimum Gasteiger partial charge on any atom is -0.340 e. The molecule has 2 fully saturated rings. The summed E-state index contributed by atoms with van der Waals surface area (Å²) in [5.74, 6) is -0.0841. The third-order valence-corrected chi connectivity index (χ3v) is 9.40. The molecule has 0 bridgehead atoms. The molecular formula is C19H28FN3O5S2. The van der Waals surface area contributed by atoms with Crippen LogP contribution in [0.5, 0.6) is 0 Å². The van der Waals surface area contributed by atoms with E-state index in [4.69, 9.17) is 0 Å². The molecule has 1 unspecified atom stereocenters. The fourth-order valence-electron chi connectivity index (χ4n) is 3.92. The minimum atomic E-state index is -3.72. The van der Waals surface area contributed by atoms with Crippen molar-refractivity contribution in [3.8, 4) is 0 Å². The number of nitrogens with zero attached hydrogens (tertiary/aromatic N) is 3. The fraction of sp³-hybridized carbons (Fsp3) is 0.632. The molecule has 11 heteroatoms. The van der Waals surface area contributed by atoms with Gasteiger partial charge in [-0.15, -0.1) is 0 Å².